The number of aromatic nitrogens is 3. The van der Waals surface area contributed by atoms with E-state index in [4.69, 9.17) is 4.42 Å². The molecule has 1 saturated heterocycles. The first-order chi connectivity index (χ1) is 13.0. The van der Waals surface area contributed by atoms with Gasteiger partial charge in [0.1, 0.15) is 12.1 Å². The Morgan fingerprint density at radius 2 is 2.19 bits per heavy atom. The second kappa shape index (κ2) is 9.73. The van der Waals surface area contributed by atoms with E-state index < -0.39 is 0 Å². The van der Waals surface area contributed by atoms with Crippen LogP contribution in [0.25, 0.3) is 0 Å². The Kier molecular flexibility index (Phi) is 7.34. The van der Waals surface area contributed by atoms with Crippen molar-refractivity contribution in [3.05, 3.63) is 24.2 Å². The molecule has 1 aliphatic rings. The van der Waals surface area contributed by atoms with Crippen LogP contribution in [0.3, 0.4) is 0 Å². The number of furan rings is 1. The lowest BCUT2D eigenvalue weighted by Crippen LogP contribution is -2.53. The van der Waals surface area contributed by atoms with E-state index in [9.17, 15) is 5.11 Å². The molecule has 0 amide bonds. The van der Waals surface area contributed by atoms with Gasteiger partial charge in [0.05, 0.1) is 6.54 Å². The molecule has 8 heteroatoms. The van der Waals surface area contributed by atoms with Crippen LogP contribution in [0, 0.1) is 5.92 Å². The van der Waals surface area contributed by atoms with Gasteiger partial charge in [-0.3, -0.25) is 9.80 Å². The van der Waals surface area contributed by atoms with Gasteiger partial charge in [-0.15, -0.1) is 10.2 Å². The average molecular weight is 394 g/mol. The van der Waals surface area contributed by atoms with Crippen molar-refractivity contribution < 1.29 is 9.52 Å². The van der Waals surface area contributed by atoms with Gasteiger partial charge in [0.15, 0.2) is 10.2 Å². The molecule has 150 valence electrons. The van der Waals surface area contributed by atoms with Crippen molar-refractivity contribution in [1.29, 1.82) is 0 Å². The van der Waals surface area contributed by atoms with Crippen molar-refractivity contribution in [2.24, 2.45) is 13.0 Å². The molecule has 0 saturated carbocycles. The highest BCUT2D eigenvalue weighted by molar-refractivity contribution is 7.99. The molecular formula is C19H31N5O2S. The normalized spacial score (nSPS) is 19.2. The fraction of sp³-hybridized carbons (Fsp3) is 0.684. The molecule has 1 N–H and O–H groups in total. The fourth-order valence-corrected chi connectivity index (χ4v) is 4.16. The Morgan fingerprint density at radius 3 is 2.89 bits per heavy atom. The molecule has 1 atom stereocenters. The van der Waals surface area contributed by atoms with Crippen LogP contribution >= 0.6 is 11.8 Å². The van der Waals surface area contributed by atoms with E-state index in [1.807, 2.05) is 23.7 Å². The van der Waals surface area contributed by atoms with Crippen LogP contribution in [0.4, 0.5) is 0 Å². The maximum Gasteiger partial charge on any atom is 0.198 e. The number of nitrogens with zero attached hydrogens (tertiary/aromatic N) is 5. The SMILES string of the molecule is CC(C)CCN1CCN(Cc2ccc(Sc3nncn3C)o2)C[C@@H]1CCO. The Morgan fingerprint density at radius 1 is 1.33 bits per heavy atom. The minimum absolute atomic E-state index is 0.246. The number of aryl methyl sites for hydroxylation is 1. The lowest BCUT2D eigenvalue weighted by atomic mass is 10.1. The van der Waals surface area contributed by atoms with E-state index in [-0.39, 0.29) is 6.61 Å². The lowest BCUT2D eigenvalue weighted by molar-refractivity contribution is 0.0487. The molecule has 0 radical (unpaired) electrons. The monoisotopic (exact) mass is 393 g/mol. The quantitative estimate of drug-likeness (QED) is 0.702. The summed E-state index contributed by atoms with van der Waals surface area (Å²) in [5, 5.41) is 19.1. The van der Waals surface area contributed by atoms with Crippen LogP contribution in [-0.4, -0.2) is 68.5 Å². The molecule has 1 fully saturated rings. The number of aliphatic hydroxyl groups excluding tert-OH is 1. The van der Waals surface area contributed by atoms with E-state index in [1.165, 1.54) is 18.2 Å². The van der Waals surface area contributed by atoms with Gasteiger partial charge in [-0.1, -0.05) is 13.8 Å². The van der Waals surface area contributed by atoms with Crippen LogP contribution in [0.1, 0.15) is 32.4 Å². The minimum atomic E-state index is 0.246. The van der Waals surface area contributed by atoms with Gasteiger partial charge in [-0.25, -0.2) is 0 Å². The summed E-state index contributed by atoms with van der Waals surface area (Å²) in [6.45, 7) is 9.77. The molecule has 3 rings (SSSR count). The molecular weight excluding hydrogens is 362 g/mol. The molecule has 0 aliphatic carbocycles. The topological polar surface area (TPSA) is 70.6 Å². The highest BCUT2D eigenvalue weighted by Crippen LogP contribution is 2.28. The summed E-state index contributed by atoms with van der Waals surface area (Å²) >= 11 is 1.48. The van der Waals surface area contributed by atoms with Gasteiger partial charge in [0, 0.05) is 39.3 Å². The Balaban J connectivity index is 1.54. The van der Waals surface area contributed by atoms with Gasteiger partial charge < -0.3 is 14.1 Å². The highest BCUT2D eigenvalue weighted by Gasteiger charge is 2.27. The molecule has 2 aromatic heterocycles. The number of piperazine rings is 1. The van der Waals surface area contributed by atoms with E-state index >= 15 is 0 Å². The maximum absolute atomic E-state index is 9.46. The molecule has 0 aromatic carbocycles. The van der Waals surface area contributed by atoms with Crippen LogP contribution in [-0.2, 0) is 13.6 Å². The highest BCUT2D eigenvalue weighted by atomic mass is 32.2. The zero-order valence-electron chi connectivity index (χ0n) is 16.5. The number of hydrogen-bond donors (Lipinski definition) is 1. The second-order valence-electron chi connectivity index (χ2n) is 7.67. The van der Waals surface area contributed by atoms with E-state index in [2.05, 4.69) is 33.8 Å². The van der Waals surface area contributed by atoms with Crippen LogP contribution in [0.2, 0.25) is 0 Å². The van der Waals surface area contributed by atoms with Crippen LogP contribution < -0.4 is 0 Å². The van der Waals surface area contributed by atoms with E-state index in [0.29, 0.717) is 12.0 Å². The van der Waals surface area contributed by atoms with Crippen LogP contribution in [0.5, 0.6) is 0 Å². The molecule has 27 heavy (non-hydrogen) atoms. The first-order valence-electron chi connectivity index (χ1n) is 9.73. The fourth-order valence-electron chi connectivity index (χ4n) is 3.42. The van der Waals surface area contributed by atoms with E-state index in [0.717, 1.165) is 55.2 Å². The third-order valence-corrected chi connectivity index (χ3v) is 6.00. The molecule has 0 unspecified atom stereocenters. The molecule has 7 nitrogen and oxygen atoms in total. The first-order valence-corrected chi connectivity index (χ1v) is 10.5. The van der Waals surface area contributed by atoms with Crippen molar-refractivity contribution in [2.75, 3.05) is 32.8 Å². The maximum atomic E-state index is 9.46. The largest absolute Gasteiger partial charge is 0.453 e. The van der Waals surface area contributed by atoms with Crippen molar-refractivity contribution in [2.45, 2.75) is 49.5 Å². The molecule has 0 spiro atoms. The summed E-state index contributed by atoms with van der Waals surface area (Å²) in [5.74, 6) is 1.68. The number of rotatable bonds is 9. The van der Waals surface area contributed by atoms with Gasteiger partial charge in [-0.2, -0.15) is 0 Å². The van der Waals surface area contributed by atoms with Gasteiger partial charge in [-0.05, 0) is 49.2 Å². The summed E-state index contributed by atoms with van der Waals surface area (Å²) < 4.78 is 7.87. The van der Waals surface area contributed by atoms with Crippen molar-refractivity contribution in [3.8, 4) is 0 Å². The Bertz CT molecular complexity index is 702. The number of aliphatic hydroxyl groups is 1. The first kappa shape index (κ1) is 20.4. The standard InChI is InChI=1S/C19H31N5O2S/c1-15(2)6-8-24-10-9-23(12-16(24)7-11-25)13-17-4-5-18(26-17)27-19-21-20-14-22(19)3/h4-5,14-16,25H,6-13H2,1-3H3/t16-/m0/s1. The predicted octanol–water partition coefficient (Wildman–Crippen LogP) is 2.47. The van der Waals surface area contributed by atoms with Crippen molar-refractivity contribution in [1.82, 2.24) is 24.6 Å². The summed E-state index contributed by atoms with van der Waals surface area (Å²) in [4.78, 5) is 4.98. The third-order valence-electron chi connectivity index (χ3n) is 5.02. The zero-order chi connectivity index (χ0) is 19.2. The molecule has 0 bridgehead atoms. The Hall–Kier alpha value is -1.35. The Labute approximate surface area is 165 Å². The summed E-state index contributed by atoms with van der Waals surface area (Å²) in [6.07, 6.45) is 3.73. The predicted molar refractivity (Wildman–Crippen MR) is 106 cm³/mol. The summed E-state index contributed by atoms with van der Waals surface area (Å²) in [6, 6.07) is 4.47. The smallest absolute Gasteiger partial charge is 0.198 e. The third kappa shape index (κ3) is 5.81. The number of hydrogen-bond acceptors (Lipinski definition) is 7. The van der Waals surface area contributed by atoms with Crippen LogP contribution in [0.15, 0.2) is 33.1 Å². The zero-order valence-corrected chi connectivity index (χ0v) is 17.4. The second-order valence-corrected chi connectivity index (χ2v) is 8.64. The summed E-state index contributed by atoms with van der Waals surface area (Å²) in [7, 11) is 1.92. The van der Waals surface area contributed by atoms with Gasteiger partial charge in [0.25, 0.3) is 0 Å². The summed E-state index contributed by atoms with van der Waals surface area (Å²) in [5.41, 5.74) is 0. The average Bonchev–Trinajstić information content (AvgIpc) is 3.24. The molecule has 3 heterocycles. The van der Waals surface area contributed by atoms with Crippen molar-refractivity contribution >= 4 is 11.8 Å². The molecule has 2 aromatic rings. The van der Waals surface area contributed by atoms with Gasteiger partial charge in [0.2, 0.25) is 0 Å². The minimum Gasteiger partial charge on any atom is -0.453 e. The lowest BCUT2D eigenvalue weighted by Gasteiger charge is -2.41. The van der Waals surface area contributed by atoms with Crippen molar-refractivity contribution in [3.63, 3.8) is 0 Å². The van der Waals surface area contributed by atoms with Gasteiger partial charge >= 0.3 is 0 Å². The molecule has 1 aliphatic heterocycles. The van der Waals surface area contributed by atoms with E-state index in [1.54, 1.807) is 6.33 Å².